The van der Waals surface area contributed by atoms with Crippen LogP contribution in [0.15, 0.2) is 91.2 Å². The summed E-state index contributed by atoms with van der Waals surface area (Å²) < 4.78 is 11.0. The molecule has 7 heteroatoms. The van der Waals surface area contributed by atoms with E-state index in [-0.39, 0.29) is 11.3 Å². The number of aliphatic hydroxyl groups excluding tert-OH is 1. The van der Waals surface area contributed by atoms with Crippen molar-refractivity contribution >= 4 is 23.3 Å². The van der Waals surface area contributed by atoms with Gasteiger partial charge < -0.3 is 14.6 Å². The third-order valence-electron chi connectivity index (χ3n) is 5.34. The highest BCUT2D eigenvalue weighted by Crippen LogP contribution is 2.41. The molecule has 1 N–H and O–H groups in total. The van der Waals surface area contributed by atoms with Gasteiger partial charge in [-0.3, -0.25) is 14.5 Å². The molecule has 0 bridgehead atoms. The van der Waals surface area contributed by atoms with Gasteiger partial charge in [-0.15, -0.1) is 0 Å². The maximum atomic E-state index is 13.2. The number of hydrogen-bond acceptors (Lipinski definition) is 6. The van der Waals surface area contributed by atoms with Gasteiger partial charge in [0.25, 0.3) is 5.78 Å². The Labute approximate surface area is 197 Å². The minimum atomic E-state index is -0.859. The zero-order chi connectivity index (χ0) is 24.1. The number of aliphatic hydroxyl groups is 1. The highest BCUT2D eigenvalue weighted by atomic mass is 16.5. The van der Waals surface area contributed by atoms with Crippen molar-refractivity contribution in [3.63, 3.8) is 0 Å². The molecule has 0 spiro atoms. The van der Waals surface area contributed by atoms with Gasteiger partial charge in [0, 0.05) is 11.8 Å². The number of nitrogens with zero attached hydrogens (tertiary/aromatic N) is 2. The molecule has 1 aromatic heterocycles. The van der Waals surface area contributed by atoms with E-state index >= 15 is 0 Å². The predicted octanol–water partition coefficient (Wildman–Crippen LogP) is 4.67. The lowest BCUT2D eigenvalue weighted by Crippen LogP contribution is -2.30. The first-order valence-electron chi connectivity index (χ1n) is 10.8. The first-order valence-corrected chi connectivity index (χ1v) is 10.8. The van der Waals surface area contributed by atoms with Crippen LogP contribution >= 0.6 is 0 Å². The summed E-state index contributed by atoms with van der Waals surface area (Å²) in [5.41, 5.74) is 1.02. The molecular formula is C27H24N2O5. The second kappa shape index (κ2) is 10.0. The van der Waals surface area contributed by atoms with Gasteiger partial charge in [-0.1, -0.05) is 30.9 Å². The molecule has 1 aliphatic rings. The normalized spacial score (nSPS) is 17.0. The van der Waals surface area contributed by atoms with Gasteiger partial charge in [0.2, 0.25) is 0 Å². The van der Waals surface area contributed by atoms with Gasteiger partial charge in [0.15, 0.2) is 0 Å². The van der Waals surface area contributed by atoms with Crippen LogP contribution in [0.25, 0.3) is 5.76 Å². The van der Waals surface area contributed by atoms with Crippen LogP contribution in [-0.4, -0.2) is 35.0 Å². The topological polar surface area (TPSA) is 89.0 Å². The summed E-state index contributed by atoms with van der Waals surface area (Å²) in [6.45, 7) is 6.36. The zero-order valence-corrected chi connectivity index (χ0v) is 18.7. The molecule has 1 fully saturated rings. The molecule has 4 rings (SSSR count). The van der Waals surface area contributed by atoms with E-state index in [1.807, 2.05) is 6.92 Å². The van der Waals surface area contributed by atoms with Gasteiger partial charge in [0.05, 0.1) is 18.2 Å². The third-order valence-corrected chi connectivity index (χ3v) is 5.34. The smallest absolute Gasteiger partial charge is 0.301 e. The highest BCUT2D eigenvalue weighted by molar-refractivity contribution is 6.51. The molecule has 1 atom stereocenters. The maximum absolute atomic E-state index is 13.2. The lowest BCUT2D eigenvalue weighted by Gasteiger charge is -2.24. The van der Waals surface area contributed by atoms with Crippen molar-refractivity contribution in [2.45, 2.75) is 13.0 Å². The van der Waals surface area contributed by atoms with Crippen molar-refractivity contribution in [1.82, 2.24) is 4.98 Å². The van der Waals surface area contributed by atoms with E-state index in [4.69, 9.17) is 9.47 Å². The largest absolute Gasteiger partial charge is 0.507 e. The highest BCUT2D eigenvalue weighted by Gasteiger charge is 2.47. The van der Waals surface area contributed by atoms with Crippen LogP contribution in [0.2, 0.25) is 0 Å². The number of hydrogen-bond donors (Lipinski definition) is 1. The van der Waals surface area contributed by atoms with Crippen LogP contribution in [0.3, 0.4) is 0 Å². The Balaban J connectivity index is 1.82. The number of anilines is 1. The Morgan fingerprint density at radius 2 is 1.71 bits per heavy atom. The van der Waals surface area contributed by atoms with Crippen molar-refractivity contribution in [1.29, 1.82) is 0 Å². The standard InChI is InChI=1S/C27H24N2O5/c1-3-17-34-21-14-10-19(11-15-21)25(30)23-24(18-8-12-20(13-9-18)33-4-2)29(27(32)26(23)31)22-7-5-6-16-28-22/h3,5-16,24,30H,1,4,17H2,2H3/b25-23+/t24-/m0/s1. The summed E-state index contributed by atoms with van der Waals surface area (Å²) in [5, 5.41) is 11.2. The number of pyridine rings is 1. The minimum absolute atomic E-state index is 0.0143. The van der Waals surface area contributed by atoms with Crippen molar-refractivity contribution < 1.29 is 24.2 Å². The Kier molecular flexibility index (Phi) is 6.73. The minimum Gasteiger partial charge on any atom is -0.507 e. The predicted molar refractivity (Wildman–Crippen MR) is 129 cm³/mol. The average Bonchev–Trinajstić information content (AvgIpc) is 3.14. The second-order valence-electron chi connectivity index (χ2n) is 7.48. The van der Waals surface area contributed by atoms with Crippen LogP contribution in [-0.2, 0) is 9.59 Å². The Morgan fingerprint density at radius 1 is 1.03 bits per heavy atom. The molecule has 2 heterocycles. The number of ketones is 1. The van der Waals surface area contributed by atoms with Crippen LogP contribution in [0.1, 0.15) is 24.1 Å². The summed E-state index contributed by atoms with van der Waals surface area (Å²) in [6, 6.07) is 18.0. The van der Waals surface area contributed by atoms with E-state index in [9.17, 15) is 14.7 Å². The molecule has 34 heavy (non-hydrogen) atoms. The van der Waals surface area contributed by atoms with Gasteiger partial charge in [0.1, 0.15) is 29.7 Å². The number of carbonyl (C=O) groups excluding carboxylic acids is 2. The number of benzene rings is 2. The van der Waals surface area contributed by atoms with Crippen molar-refractivity contribution in [2.24, 2.45) is 0 Å². The molecular weight excluding hydrogens is 432 g/mol. The first-order chi connectivity index (χ1) is 16.5. The number of amides is 1. The van der Waals surface area contributed by atoms with Crippen molar-refractivity contribution in [3.8, 4) is 11.5 Å². The quantitative estimate of drug-likeness (QED) is 0.229. The van der Waals surface area contributed by atoms with Gasteiger partial charge in [-0.05, 0) is 61.0 Å². The van der Waals surface area contributed by atoms with E-state index in [2.05, 4.69) is 11.6 Å². The van der Waals surface area contributed by atoms with Crippen LogP contribution < -0.4 is 14.4 Å². The SMILES string of the molecule is C=CCOc1ccc(/C(O)=C2\C(=O)C(=O)N(c3ccccn3)[C@H]2c2ccc(OCC)cc2)cc1. The molecule has 2 aromatic carbocycles. The molecule has 3 aromatic rings. The van der Waals surface area contributed by atoms with E-state index in [0.717, 1.165) is 0 Å². The number of Topliss-reactive ketones (excluding diaryl/α,β-unsaturated/α-hetero) is 1. The molecule has 172 valence electrons. The molecule has 7 nitrogen and oxygen atoms in total. The Hall–Kier alpha value is -4.39. The summed E-state index contributed by atoms with van der Waals surface area (Å²) >= 11 is 0. The number of ether oxygens (including phenoxy) is 2. The van der Waals surface area contributed by atoms with Crippen molar-refractivity contribution in [2.75, 3.05) is 18.1 Å². The summed E-state index contributed by atoms with van der Waals surface area (Å²) in [7, 11) is 0. The summed E-state index contributed by atoms with van der Waals surface area (Å²) in [4.78, 5) is 31.9. The van der Waals surface area contributed by atoms with Crippen molar-refractivity contribution in [3.05, 3.63) is 102 Å². The third kappa shape index (κ3) is 4.41. The van der Waals surface area contributed by atoms with Crippen LogP contribution in [0, 0.1) is 0 Å². The second-order valence-corrected chi connectivity index (χ2v) is 7.48. The average molecular weight is 456 g/mol. The number of carbonyl (C=O) groups is 2. The summed E-state index contributed by atoms with van der Waals surface area (Å²) in [6.07, 6.45) is 3.18. The maximum Gasteiger partial charge on any atom is 0.301 e. The zero-order valence-electron chi connectivity index (χ0n) is 18.7. The van der Waals surface area contributed by atoms with E-state index in [1.165, 1.54) is 4.90 Å². The molecule has 0 radical (unpaired) electrons. The monoisotopic (exact) mass is 456 g/mol. The van der Waals surface area contributed by atoms with Crippen LogP contribution in [0.4, 0.5) is 5.82 Å². The van der Waals surface area contributed by atoms with Gasteiger partial charge in [-0.2, -0.15) is 0 Å². The molecule has 1 aliphatic heterocycles. The Morgan fingerprint density at radius 3 is 2.32 bits per heavy atom. The molecule has 1 amide bonds. The first kappa shape index (κ1) is 22.8. The van der Waals surface area contributed by atoms with E-state index < -0.39 is 17.7 Å². The molecule has 1 saturated heterocycles. The molecule has 0 aliphatic carbocycles. The molecule has 0 unspecified atom stereocenters. The van der Waals surface area contributed by atoms with E-state index in [0.29, 0.717) is 41.7 Å². The fraction of sp³-hybridized carbons (Fsp3) is 0.148. The fourth-order valence-electron chi connectivity index (χ4n) is 3.81. The number of rotatable bonds is 8. The van der Waals surface area contributed by atoms with E-state index in [1.54, 1.807) is 79.0 Å². The van der Waals surface area contributed by atoms with Gasteiger partial charge in [-0.25, -0.2) is 4.98 Å². The fourth-order valence-corrected chi connectivity index (χ4v) is 3.81. The Bertz CT molecular complexity index is 1220. The van der Waals surface area contributed by atoms with Crippen LogP contribution in [0.5, 0.6) is 11.5 Å². The van der Waals surface area contributed by atoms with Gasteiger partial charge >= 0.3 is 5.91 Å². The molecule has 0 saturated carbocycles. The number of aromatic nitrogens is 1. The lowest BCUT2D eigenvalue weighted by atomic mass is 9.95. The lowest BCUT2D eigenvalue weighted by molar-refractivity contribution is -0.132. The summed E-state index contributed by atoms with van der Waals surface area (Å²) in [5.74, 6) is -0.245.